The van der Waals surface area contributed by atoms with Crippen molar-refractivity contribution in [1.29, 1.82) is 0 Å². The first-order valence-electron chi connectivity index (χ1n) is 9.46. The molecule has 0 saturated heterocycles. The van der Waals surface area contributed by atoms with Crippen molar-refractivity contribution >= 4 is 40.3 Å². The second-order valence-electron chi connectivity index (χ2n) is 6.69. The van der Waals surface area contributed by atoms with Gasteiger partial charge >= 0.3 is 11.9 Å². The highest BCUT2D eigenvalue weighted by atomic mass is 32.1. The number of esters is 2. The highest BCUT2D eigenvalue weighted by Crippen LogP contribution is 2.45. The van der Waals surface area contributed by atoms with Gasteiger partial charge in [-0.25, -0.2) is 4.79 Å². The number of hydrogen-bond acceptors (Lipinski definition) is 8. The molecule has 1 aliphatic carbocycles. The molecule has 1 heterocycles. The first-order chi connectivity index (χ1) is 14.9. The number of amides is 1. The fourth-order valence-electron chi connectivity index (χ4n) is 3.52. The van der Waals surface area contributed by atoms with Crippen molar-refractivity contribution in [3.8, 4) is 11.5 Å². The standard InChI is InChI=1S/C22H23NO7S/c1-27-14-8-5-12(11-15(14)28-2)6-10-17(24)23-20-19(22(26)30-4)18-13(21(25)29-3)7-9-16(18)31-20/h5-6,8,10-11,13H,7,9H2,1-4H3,(H,23,24)/b10-6+/t13-/m1/s1. The Morgan fingerprint density at radius 1 is 1.06 bits per heavy atom. The van der Waals surface area contributed by atoms with E-state index in [1.54, 1.807) is 31.4 Å². The van der Waals surface area contributed by atoms with E-state index in [9.17, 15) is 14.4 Å². The quantitative estimate of drug-likeness (QED) is 0.515. The zero-order chi connectivity index (χ0) is 22.5. The molecule has 8 nitrogen and oxygen atoms in total. The van der Waals surface area contributed by atoms with Crippen LogP contribution in [0.5, 0.6) is 11.5 Å². The minimum atomic E-state index is -0.604. The van der Waals surface area contributed by atoms with Crippen molar-refractivity contribution in [3.05, 3.63) is 45.8 Å². The summed E-state index contributed by atoms with van der Waals surface area (Å²) < 4.78 is 20.2. The number of carbonyl (C=O) groups excluding carboxylic acids is 3. The third-order valence-electron chi connectivity index (χ3n) is 4.98. The van der Waals surface area contributed by atoms with Crippen molar-refractivity contribution in [2.24, 2.45) is 0 Å². The topological polar surface area (TPSA) is 100 Å². The number of hydrogen-bond donors (Lipinski definition) is 1. The number of nitrogens with one attached hydrogen (secondary N) is 1. The summed E-state index contributed by atoms with van der Waals surface area (Å²) in [6.45, 7) is 0. The van der Waals surface area contributed by atoms with E-state index in [1.807, 2.05) is 0 Å². The number of thiophene rings is 1. The average Bonchev–Trinajstić information content (AvgIpc) is 3.35. The summed E-state index contributed by atoms with van der Waals surface area (Å²) in [7, 11) is 5.65. The van der Waals surface area contributed by atoms with Crippen LogP contribution in [0.2, 0.25) is 0 Å². The van der Waals surface area contributed by atoms with Gasteiger partial charge in [-0.3, -0.25) is 9.59 Å². The van der Waals surface area contributed by atoms with Crippen LogP contribution in [0.25, 0.3) is 6.08 Å². The van der Waals surface area contributed by atoms with Crippen LogP contribution >= 0.6 is 11.3 Å². The number of fused-ring (bicyclic) bond motifs is 1. The third-order valence-corrected chi connectivity index (χ3v) is 6.16. The molecule has 9 heteroatoms. The van der Waals surface area contributed by atoms with E-state index < -0.39 is 23.8 Å². The SMILES string of the molecule is COC(=O)c1c(NC(=O)/C=C/c2ccc(OC)c(OC)c2)sc2c1[C@H](C(=O)OC)CC2. The van der Waals surface area contributed by atoms with Gasteiger partial charge in [0.25, 0.3) is 0 Å². The van der Waals surface area contributed by atoms with Crippen LogP contribution in [0.3, 0.4) is 0 Å². The van der Waals surface area contributed by atoms with Crippen molar-refractivity contribution in [2.45, 2.75) is 18.8 Å². The lowest BCUT2D eigenvalue weighted by Crippen LogP contribution is -2.16. The number of anilines is 1. The molecule has 3 rings (SSSR count). The Bertz CT molecular complexity index is 1040. The zero-order valence-electron chi connectivity index (χ0n) is 17.6. The zero-order valence-corrected chi connectivity index (χ0v) is 18.5. The Kier molecular flexibility index (Phi) is 6.96. The molecule has 0 bridgehead atoms. The van der Waals surface area contributed by atoms with Crippen LogP contribution in [0, 0.1) is 0 Å². The summed E-state index contributed by atoms with van der Waals surface area (Å²) in [5, 5.41) is 3.09. The van der Waals surface area contributed by atoms with Crippen LogP contribution in [-0.2, 0) is 25.5 Å². The van der Waals surface area contributed by atoms with Crippen molar-refractivity contribution < 1.29 is 33.3 Å². The maximum Gasteiger partial charge on any atom is 0.341 e. The molecule has 31 heavy (non-hydrogen) atoms. The van der Waals surface area contributed by atoms with Crippen LogP contribution in [0.4, 0.5) is 5.00 Å². The summed E-state index contributed by atoms with van der Waals surface area (Å²) in [4.78, 5) is 38.0. The maximum atomic E-state index is 12.5. The van der Waals surface area contributed by atoms with E-state index in [1.165, 1.54) is 38.7 Å². The molecule has 2 aromatic rings. The second-order valence-corrected chi connectivity index (χ2v) is 7.79. The molecule has 1 amide bonds. The van der Waals surface area contributed by atoms with Gasteiger partial charge in [-0.1, -0.05) is 6.07 Å². The summed E-state index contributed by atoms with van der Waals surface area (Å²) in [6.07, 6.45) is 4.16. The van der Waals surface area contributed by atoms with E-state index in [2.05, 4.69) is 5.32 Å². The van der Waals surface area contributed by atoms with E-state index in [0.717, 1.165) is 10.4 Å². The minimum Gasteiger partial charge on any atom is -0.493 e. The number of aryl methyl sites for hydroxylation is 1. The summed E-state index contributed by atoms with van der Waals surface area (Å²) in [5.74, 6) is -0.852. The fraction of sp³-hybridized carbons (Fsp3) is 0.318. The molecule has 0 spiro atoms. The first-order valence-corrected chi connectivity index (χ1v) is 10.3. The van der Waals surface area contributed by atoms with E-state index in [4.69, 9.17) is 18.9 Å². The normalized spacial score (nSPS) is 14.8. The predicted octanol–water partition coefficient (Wildman–Crippen LogP) is 3.41. The Morgan fingerprint density at radius 3 is 2.45 bits per heavy atom. The summed E-state index contributed by atoms with van der Waals surface area (Å²) in [5.41, 5.74) is 1.53. The lowest BCUT2D eigenvalue weighted by Gasteiger charge is -2.11. The Labute approximate surface area is 183 Å². The molecular formula is C22H23NO7S. The lowest BCUT2D eigenvalue weighted by molar-refractivity contribution is -0.142. The Morgan fingerprint density at radius 2 is 1.81 bits per heavy atom. The number of benzene rings is 1. The van der Waals surface area contributed by atoms with Gasteiger partial charge < -0.3 is 24.3 Å². The molecule has 0 saturated carbocycles. The summed E-state index contributed by atoms with van der Waals surface area (Å²) >= 11 is 1.27. The van der Waals surface area contributed by atoms with E-state index >= 15 is 0 Å². The van der Waals surface area contributed by atoms with Crippen molar-refractivity contribution in [1.82, 2.24) is 0 Å². The fourth-order valence-corrected chi connectivity index (χ4v) is 4.79. The maximum absolute atomic E-state index is 12.5. The molecule has 1 aromatic carbocycles. The molecule has 0 unspecified atom stereocenters. The number of rotatable bonds is 7. The molecule has 1 N–H and O–H groups in total. The van der Waals surface area contributed by atoms with Gasteiger partial charge in [-0.05, 0) is 42.2 Å². The molecule has 1 aliphatic rings. The summed E-state index contributed by atoms with van der Waals surface area (Å²) in [6, 6.07) is 5.26. The van der Waals surface area contributed by atoms with Crippen LogP contribution in [0.15, 0.2) is 24.3 Å². The van der Waals surface area contributed by atoms with E-state index in [-0.39, 0.29) is 5.56 Å². The molecule has 1 atom stereocenters. The van der Waals surface area contributed by atoms with Gasteiger partial charge in [0.05, 0.1) is 39.9 Å². The number of ether oxygens (including phenoxy) is 4. The molecule has 0 aliphatic heterocycles. The number of carbonyl (C=O) groups is 3. The minimum absolute atomic E-state index is 0.211. The van der Waals surface area contributed by atoms with Gasteiger partial charge in [-0.2, -0.15) is 0 Å². The monoisotopic (exact) mass is 445 g/mol. The van der Waals surface area contributed by atoms with Crippen LogP contribution in [-0.4, -0.2) is 46.3 Å². The van der Waals surface area contributed by atoms with Crippen LogP contribution < -0.4 is 14.8 Å². The molecule has 0 fully saturated rings. The lowest BCUT2D eigenvalue weighted by atomic mass is 9.99. The smallest absolute Gasteiger partial charge is 0.341 e. The average molecular weight is 445 g/mol. The molecule has 1 aromatic heterocycles. The van der Waals surface area contributed by atoms with Gasteiger partial charge in [0.2, 0.25) is 5.91 Å². The number of methoxy groups -OCH3 is 4. The first kappa shape index (κ1) is 22.4. The van der Waals surface area contributed by atoms with Gasteiger partial charge in [0.15, 0.2) is 11.5 Å². The second kappa shape index (κ2) is 9.65. The van der Waals surface area contributed by atoms with Gasteiger partial charge in [0.1, 0.15) is 5.00 Å². The van der Waals surface area contributed by atoms with Gasteiger partial charge in [0, 0.05) is 11.0 Å². The van der Waals surface area contributed by atoms with E-state index in [0.29, 0.717) is 34.9 Å². The molecule has 164 valence electrons. The largest absolute Gasteiger partial charge is 0.493 e. The molecular weight excluding hydrogens is 422 g/mol. The van der Waals surface area contributed by atoms with Crippen molar-refractivity contribution in [3.63, 3.8) is 0 Å². The third kappa shape index (κ3) is 4.56. The Hall–Kier alpha value is -3.33. The highest BCUT2D eigenvalue weighted by Gasteiger charge is 2.38. The molecule has 0 radical (unpaired) electrons. The predicted molar refractivity (Wildman–Crippen MR) is 116 cm³/mol. The van der Waals surface area contributed by atoms with Crippen LogP contribution in [0.1, 0.15) is 38.7 Å². The highest BCUT2D eigenvalue weighted by molar-refractivity contribution is 7.17. The van der Waals surface area contributed by atoms with Crippen molar-refractivity contribution in [2.75, 3.05) is 33.8 Å². The van der Waals surface area contributed by atoms with Gasteiger partial charge in [-0.15, -0.1) is 11.3 Å². The Balaban J connectivity index is 1.84.